The summed E-state index contributed by atoms with van der Waals surface area (Å²) < 4.78 is 27.7. The van der Waals surface area contributed by atoms with Crippen LogP contribution >= 0.6 is 0 Å². The maximum absolute atomic E-state index is 13.1. The van der Waals surface area contributed by atoms with Crippen LogP contribution in [0.5, 0.6) is 0 Å². The predicted molar refractivity (Wildman–Crippen MR) is 92.2 cm³/mol. The van der Waals surface area contributed by atoms with E-state index >= 15 is 0 Å². The number of carbonyl (C=O) groups is 1. The molecule has 7 heteroatoms. The highest BCUT2D eigenvalue weighted by molar-refractivity contribution is 7.89. The number of amides is 1. The van der Waals surface area contributed by atoms with Crippen LogP contribution in [0.3, 0.4) is 0 Å². The Hall–Kier alpha value is -1.44. The average Bonchev–Trinajstić information content (AvgIpc) is 2.62. The molecule has 0 aromatic heterocycles. The van der Waals surface area contributed by atoms with Gasteiger partial charge in [-0.05, 0) is 30.9 Å². The minimum atomic E-state index is -3.51. The summed E-state index contributed by atoms with van der Waals surface area (Å²) in [5, 5.41) is 3.06. The van der Waals surface area contributed by atoms with Crippen LogP contribution in [-0.4, -0.2) is 62.3 Å². The number of rotatable bonds is 4. The van der Waals surface area contributed by atoms with Crippen LogP contribution in [0, 0.1) is 0 Å². The summed E-state index contributed by atoms with van der Waals surface area (Å²) in [5.41, 5.74) is 0.845. The first-order valence-corrected chi connectivity index (χ1v) is 10.1. The van der Waals surface area contributed by atoms with Crippen LogP contribution in [0.1, 0.15) is 25.3 Å². The third kappa shape index (κ3) is 3.34. The highest BCUT2D eigenvalue weighted by Gasteiger charge is 2.35. The van der Waals surface area contributed by atoms with E-state index in [4.69, 9.17) is 0 Å². The minimum absolute atomic E-state index is 0.0167. The van der Waals surface area contributed by atoms with Crippen molar-refractivity contribution in [1.82, 2.24) is 14.5 Å². The average molecular weight is 351 g/mol. The van der Waals surface area contributed by atoms with E-state index in [9.17, 15) is 13.2 Å². The van der Waals surface area contributed by atoms with Crippen molar-refractivity contribution in [3.05, 3.63) is 29.8 Å². The fourth-order valence-corrected chi connectivity index (χ4v) is 5.40. The maximum Gasteiger partial charge on any atom is 0.243 e. The number of hydrogen-bond acceptors (Lipinski definition) is 4. The van der Waals surface area contributed by atoms with Crippen molar-refractivity contribution in [3.63, 3.8) is 0 Å². The largest absolute Gasteiger partial charge is 0.336 e. The van der Waals surface area contributed by atoms with Gasteiger partial charge >= 0.3 is 0 Å². The highest BCUT2D eigenvalue weighted by atomic mass is 32.2. The fraction of sp³-hybridized carbons (Fsp3) is 0.588. The number of nitrogens with one attached hydrogen (secondary N) is 1. The predicted octanol–water partition coefficient (Wildman–Crippen LogP) is 0.834. The maximum atomic E-state index is 13.1. The summed E-state index contributed by atoms with van der Waals surface area (Å²) in [6.45, 7) is 4.66. The van der Waals surface area contributed by atoms with Gasteiger partial charge < -0.3 is 10.2 Å². The van der Waals surface area contributed by atoms with Crippen LogP contribution < -0.4 is 5.32 Å². The molecule has 1 aromatic rings. The Morgan fingerprint density at radius 3 is 2.79 bits per heavy atom. The number of piperazine rings is 1. The summed E-state index contributed by atoms with van der Waals surface area (Å²) >= 11 is 0. The number of aryl methyl sites for hydroxylation is 1. The summed E-state index contributed by atoms with van der Waals surface area (Å²) in [4.78, 5) is 14.4. The Bertz CT molecular complexity index is 705. The number of piperidine rings is 1. The van der Waals surface area contributed by atoms with Gasteiger partial charge in [0.05, 0.1) is 11.4 Å². The van der Waals surface area contributed by atoms with Crippen molar-refractivity contribution in [1.29, 1.82) is 0 Å². The van der Waals surface area contributed by atoms with Crippen LogP contribution in [0.15, 0.2) is 29.2 Å². The first-order valence-electron chi connectivity index (χ1n) is 8.62. The minimum Gasteiger partial charge on any atom is -0.336 e. The molecule has 2 heterocycles. The van der Waals surface area contributed by atoms with Gasteiger partial charge in [-0.3, -0.25) is 4.79 Å². The van der Waals surface area contributed by atoms with E-state index in [2.05, 4.69) is 5.32 Å². The lowest BCUT2D eigenvalue weighted by molar-refractivity contribution is -0.135. The fourth-order valence-electron chi connectivity index (χ4n) is 3.59. The topological polar surface area (TPSA) is 69.7 Å². The molecule has 2 aliphatic rings. The van der Waals surface area contributed by atoms with Gasteiger partial charge in [0.2, 0.25) is 15.9 Å². The van der Waals surface area contributed by atoms with Crippen LogP contribution in [-0.2, 0) is 21.2 Å². The van der Waals surface area contributed by atoms with Gasteiger partial charge in [-0.25, -0.2) is 8.42 Å². The third-order valence-electron chi connectivity index (χ3n) is 4.90. The second-order valence-electron chi connectivity index (χ2n) is 6.38. The third-order valence-corrected chi connectivity index (χ3v) is 6.86. The first-order chi connectivity index (χ1) is 11.5. The van der Waals surface area contributed by atoms with E-state index in [-0.39, 0.29) is 11.9 Å². The smallest absolute Gasteiger partial charge is 0.243 e. The number of nitrogens with zero attached hydrogens (tertiary/aromatic N) is 2. The molecule has 1 aromatic carbocycles. The van der Waals surface area contributed by atoms with E-state index in [0.717, 1.165) is 24.9 Å². The Kier molecular flexibility index (Phi) is 5.22. The molecule has 0 aliphatic carbocycles. The summed E-state index contributed by atoms with van der Waals surface area (Å²) in [6.07, 6.45) is 2.34. The molecular weight excluding hydrogens is 326 g/mol. The SMILES string of the molecule is CCc1ccccc1S(=O)(=O)N1CCCC(N2CCNCC2=O)C1. The Morgan fingerprint density at radius 2 is 2.04 bits per heavy atom. The lowest BCUT2D eigenvalue weighted by Crippen LogP contribution is -2.57. The normalized spacial score (nSPS) is 23.5. The lowest BCUT2D eigenvalue weighted by atomic mass is 10.1. The Morgan fingerprint density at radius 1 is 1.25 bits per heavy atom. The number of carbonyl (C=O) groups excluding carboxylic acids is 1. The summed E-state index contributed by atoms with van der Waals surface area (Å²) in [6, 6.07) is 7.18. The van der Waals surface area contributed by atoms with E-state index in [1.165, 1.54) is 0 Å². The zero-order chi connectivity index (χ0) is 17.2. The van der Waals surface area contributed by atoms with Crippen molar-refractivity contribution in [2.75, 3.05) is 32.7 Å². The van der Waals surface area contributed by atoms with Crippen molar-refractivity contribution >= 4 is 15.9 Å². The monoisotopic (exact) mass is 351 g/mol. The highest BCUT2D eigenvalue weighted by Crippen LogP contribution is 2.26. The second-order valence-corrected chi connectivity index (χ2v) is 8.29. The molecule has 24 heavy (non-hydrogen) atoms. The van der Waals surface area contributed by atoms with Gasteiger partial charge in [-0.1, -0.05) is 25.1 Å². The molecule has 0 spiro atoms. The summed E-state index contributed by atoms with van der Waals surface area (Å²) in [5.74, 6) is 0.0689. The van der Waals surface area contributed by atoms with Gasteiger partial charge in [-0.2, -0.15) is 4.31 Å². The zero-order valence-corrected chi connectivity index (χ0v) is 14.9. The van der Waals surface area contributed by atoms with Gasteiger partial charge in [0.25, 0.3) is 0 Å². The quantitative estimate of drug-likeness (QED) is 0.872. The molecule has 1 atom stereocenters. The van der Waals surface area contributed by atoms with Crippen molar-refractivity contribution in [2.45, 2.75) is 37.1 Å². The standard InChI is InChI=1S/C17H25N3O3S/c1-2-14-6-3-4-8-16(14)24(22,23)19-10-5-7-15(13-19)20-11-9-18-12-17(20)21/h3-4,6,8,15,18H,2,5,7,9-13H2,1H3. The number of hydrogen-bond donors (Lipinski definition) is 1. The molecule has 6 nitrogen and oxygen atoms in total. The number of benzene rings is 1. The zero-order valence-electron chi connectivity index (χ0n) is 14.1. The van der Waals surface area contributed by atoms with Crippen molar-refractivity contribution in [3.8, 4) is 0 Å². The van der Waals surface area contributed by atoms with Crippen molar-refractivity contribution in [2.24, 2.45) is 0 Å². The molecule has 2 aliphatic heterocycles. The molecule has 1 N–H and O–H groups in total. The molecule has 3 rings (SSSR count). The summed E-state index contributed by atoms with van der Waals surface area (Å²) in [7, 11) is -3.51. The molecule has 2 saturated heterocycles. The second kappa shape index (κ2) is 7.21. The Balaban J connectivity index is 1.82. The Labute approximate surface area is 143 Å². The first kappa shape index (κ1) is 17.4. The molecule has 132 valence electrons. The molecular formula is C17H25N3O3S. The molecule has 2 fully saturated rings. The molecule has 1 amide bonds. The van der Waals surface area contributed by atoms with E-state index in [0.29, 0.717) is 37.5 Å². The van der Waals surface area contributed by atoms with Crippen LogP contribution in [0.25, 0.3) is 0 Å². The number of sulfonamides is 1. The molecule has 1 unspecified atom stereocenters. The lowest BCUT2D eigenvalue weighted by Gasteiger charge is -2.40. The van der Waals surface area contributed by atoms with Crippen molar-refractivity contribution < 1.29 is 13.2 Å². The van der Waals surface area contributed by atoms with Gasteiger partial charge in [0.15, 0.2) is 0 Å². The molecule has 0 bridgehead atoms. The van der Waals surface area contributed by atoms with Gasteiger partial charge in [-0.15, -0.1) is 0 Å². The van der Waals surface area contributed by atoms with E-state index < -0.39 is 10.0 Å². The molecule has 0 radical (unpaired) electrons. The van der Waals surface area contributed by atoms with Crippen LogP contribution in [0.4, 0.5) is 0 Å². The van der Waals surface area contributed by atoms with Gasteiger partial charge in [0.1, 0.15) is 0 Å². The molecule has 0 saturated carbocycles. The van der Waals surface area contributed by atoms with Crippen LogP contribution in [0.2, 0.25) is 0 Å². The van der Waals surface area contributed by atoms with E-state index in [1.807, 2.05) is 24.0 Å². The van der Waals surface area contributed by atoms with Gasteiger partial charge in [0, 0.05) is 32.2 Å². The van der Waals surface area contributed by atoms with E-state index in [1.54, 1.807) is 16.4 Å².